The van der Waals surface area contributed by atoms with Gasteiger partial charge >= 0.3 is 0 Å². The molecule has 0 bridgehead atoms. The lowest BCUT2D eigenvalue weighted by Gasteiger charge is -2.32. The van der Waals surface area contributed by atoms with E-state index in [-0.39, 0.29) is 18.2 Å². The number of aryl methyl sites for hydroxylation is 1. The first-order valence-corrected chi connectivity index (χ1v) is 12.5. The third-order valence-electron chi connectivity index (χ3n) is 5.27. The molecule has 4 rings (SSSR count). The molecule has 0 spiro atoms. The molecule has 1 atom stereocenters. The number of hydrogen-bond acceptors (Lipinski definition) is 4. The monoisotopic (exact) mass is 511 g/mol. The molecule has 1 aliphatic heterocycles. The van der Waals surface area contributed by atoms with Crippen molar-refractivity contribution in [1.82, 2.24) is 4.90 Å². The number of halogens is 2. The minimum absolute atomic E-state index is 0.101. The first kappa shape index (κ1) is 24.3. The molecule has 1 unspecified atom stereocenters. The zero-order valence-corrected chi connectivity index (χ0v) is 20.6. The number of aliphatic imine (C=N–C) groups is 1. The summed E-state index contributed by atoms with van der Waals surface area (Å²) >= 11 is 13.4. The van der Waals surface area contributed by atoms with E-state index in [1.54, 1.807) is 41.3 Å². The number of carbonyl (C=O) groups excluding carboxylic acids is 2. The van der Waals surface area contributed by atoms with E-state index in [0.717, 1.165) is 12.8 Å². The molecule has 0 radical (unpaired) electrons. The second kappa shape index (κ2) is 11.6. The van der Waals surface area contributed by atoms with Crippen LogP contribution in [0.1, 0.15) is 18.4 Å². The summed E-state index contributed by atoms with van der Waals surface area (Å²) in [5.41, 5.74) is 2.48. The standard InChI is InChI=1S/C26H23Cl2N3O2S/c27-19-11-13-21(14-12-19)29-25(33)23-17-24(32)31(15-5-8-18-6-2-1-3-7-18)26(34-23)30-22-10-4-9-20(28)16-22/h1-4,6-7,9-14,16,23H,5,8,15,17H2,(H,29,33). The maximum atomic E-state index is 13.1. The van der Waals surface area contributed by atoms with Crippen LogP contribution in [0.15, 0.2) is 83.9 Å². The van der Waals surface area contributed by atoms with Crippen molar-refractivity contribution < 1.29 is 9.59 Å². The number of carbonyl (C=O) groups is 2. The van der Waals surface area contributed by atoms with E-state index in [0.29, 0.717) is 33.1 Å². The Labute approximate surface area is 213 Å². The summed E-state index contributed by atoms with van der Waals surface area (Å²) in [4.78, 5) is 32.4. The molecule has 1 heterocycles. The molecule has 1 saturated heterocycles. The average Bonchev–Trinajstić information content (AvgIpc) is 2.83. The van der Waals surface area contributed by atoms with Crippen LogP contribution in [0.2, 0.25) is 10.0 Å². The summed E-state index contributed by atoms with van der Waals surface area (Å²) in [6.07, 6.45) is 1.73. The lowest BCUT2D eigenvalue weighted by atomic mass is 10.1. The number of amidine groups is 1. The first-order chi connectivity index (χ1) is 16.5. The van der Waals surface area contributed by atoms with Crippen LogP contribution in [-0.4, -0.2) is 33.7 Å². The fraction of sp³-hybridized carbons (Fsp3) is 0.192. The predicted octanol–water partition coefficient (Wildman–Crippen LogP) is 6.59. The van der Waals surface area contributed by atoms with Crippen LogP contribution in [0.4, 0.5) is 11.4 Å². The van der Waals surface area contributed by atoms with Crippen molar-refractivity contribution in [1.29, 1.82) is 0 Å². The quantitative estimate of drug-likeness (QED) is 0.389. The highest BCUT2D eigenvalue weighted by Crippen LogP contribution is 2.31. The minimum atomic E-state index is -0.591. The smallest absolute Gasteiger partial charge is 0.238 e. The van der Waals surface area contributed by atoms with Crippen molar-refractivity contribution >= 4 is 63.3 Å². The zero-order valence-electron chi connectivity index (χ0n) is 18.3. The molecule has 2 amide bonds. The van der Waals surface area contributed by atoms with Crippen molar-refractivity contribution in [2.45, 2.75) is 24.5 Å². The van der Waals surface area contributed by atoms with Crippen LogP contribution in [0.3, 0.4) is 0 Å². The highest BCUT2D eigenvalue weighted by molar-refractivity contribution is 8.15. The number of nitrogens with one attached hydrogen (secondary N) is 1. The predicted molar refractivity (Wildman–Crippen MR) is 141 cm³/mol. The van der Waals surface area contributed by atoms with E-state index in [2.05, 4.69) is 17.4 Å². The number of rotatable bonds is 7. The van der Waals surface area contributed by atoms with Gasteiger partial charge in [-0.05, 0) is 60.9 Å². The van der Waals surface area contributed by atoms with Crippen molar-refractivity contribution in [3.05, 3.63) is 94.5 Å². The summed E-state index contributed by atoms with van der Waals surface area (Å²) in [5.74, 6) is -0.368. The van der Waals surface area contributed by atoms with Crippen LogP contribution in [-0.2, 0) is 16.0 Å². The number of anilines is 1. The maximum absolute atomic E-state index is 13.1. The number of nitrogens with zero attached hydrogens (tertiary/aromatic N) is 2. The van der Waals surface area contributed by atoms with E-state index in [1.807, 2.05) is 30.3 Å². The Bertz CT molecular complexity index is 1190. The van der Waals surface area contributed by atoms with Gasteiger partial charge in [-0.15, -0.1) is 0 Å². The molecule has 34 heavy (non-hydrogen) atoms. The SMILES string of the molecule is O=C(Nc1ccc(Cl)cc1)C1CC(=O)N(CCCc2ccccc2)C(=Nc2cccc(Cl)c2)S1. The molecule has 1 aliphatic rings. The van der Waals surface area contributed by atoms with Gasteiger partial charge in [-0.1, -0.05) is 71.4 Å². The van der Waals surface area contributed by atoms with Crippen molar-refractivity contribution in [2.75, 3.05) is 11.9 Å². The summed E-state index contributed by atoms with van der Waals surface area (Å²) in [5, 5.41) is 3.92. The van der Waals surface area contributed by atoms with Gasteiger partial charge in [0, 0.05) is 28.7 Å². The molecule has 8 heteroatoms. The highest BCUT2D eigenvalue weighted by atomic mass is 35.5. The van der Waals surface area contributed by atoms with Gasteiger partial charge in [-0.2, -0.15) is 0 Å². The van der Waals surface area contributed by atoms with Gasteiger partial charge in [0.05, 0.1) is 5.69 Å². The number of hydrogen-bond donors (Lipinski definition) is 1. The molecule has 3 aromatic carbocycles. The molecule has 5 nitrogen and oxygen atoms in total. The van der Waals surface area contributed by atoms with Crippen molar-refractivity contribution in [3.63, 3.8) is 0 Å². The molecule has 0 saturated carbocycles. The van der Waals surface area contributed by atoms with E-state index in [4.69, 9.17) is 28.2 Å². The summed E-state index contributed by atoms with van der Waals surface area (Å²) in [6.45, 7) is 0.519. The second-order valence-electron chi connectivity index (χ2n) is 7.82. The van der Waals surface area contributed by atoms with E-state index in [9.17, 15) is 9.59 Å². The molecule has 1 N–H and O–H groups in total. The Morgan fingerprint density at radius 3 is 2.50 bits per heavy atom. The van der Waals surface area contributed by atoms with Gasteiger partial charge in [0.15, 0.2) is 5.17 Å². The molecular weight excluding hydrogens is 489 g/mol. The number of thioether (sulfide) groups is 1. The Morgan fingerprint density at radius 2 is 1.76 bits per heavy atom. The molecule has 3 aromatic rings. The second-order valence-corrected chi connectivity index (χ2v) is 9.86. The van der Waals surface area contributed by atoms with E-state index in [1.165, 1.54) is 17.3 Å². The largest absolute Gasteiger partial charge is 0.325 e. The summed E-state index contributed by atoms with van der Waals surface area (Å²) in [6, 6.07) is 24.1. The van der Waals surface area contributed by atoms with Crippen LogP contribution in [0.5, 0.6) is 0 Å². The summed E-state index contributed by atoms with van der Waals surface area (Å²) < 4.78 is 0. The van der Waals surface area contributed by atoms with Gasteiger partial charge in [0.1, 0.15) is 5.25 Å². The Hall–Kier alpha value is -2.80. The van der Waals surface area contributed by atoms with Crippen LogP contribution < -0.4 is 5.32 Å². The maximum Gasteiger partial charge on any atom is 0.238 e. The van der Waals surface area contributed by atoms with Crippen LogP contribution in [0, 0.1) is 0 Å². The number of amides is 2. The Morgan fingerprint density at radius 1 is 1.00 bits per heavy atom. The summed E-state index contributed by atoms with van der Waals surface area (Å²) in [7, 11) is 0. The fourth-order valence-electron chi connectivity index (χ4n) is 3.56. The van der Waals surface area contributed by atoms with Crippen LogP contribution >= 0.6 is 35.0 Å². The molecule has 0 aromatic heterocycles. The zero-order chi connectivity index (χ0) is 23.9. The Kier molecular flexibility index (Phi) is 8.27. The fourth-order valence-corrected chi connectivity index (χ4v) is 4.99. The average molecular weight is 512 g/mol. The van der Waals surface area contributed by atoms with Crippen molar-refractivity contribution in [2.24, 2.45) is 4.99 Å². The van der Waals surface area contributed by atoms with Gasteiger partial charge in [-0.3, -0.25) is 14.5 Å². The third-order valence-corrected chi connectivity index (χ3v) is 6.94. The van der Waals surface area contributed by atoms with Gasteiger partial charge in [-0.25, -0.2) is 4.99 Å². The minimum Gasteiger partial charge on any atom is -0.325 e. The molecular formula is C26H23Cl2N3O2S. The lowest BCUT2D eigenvalue weighted by molar-refractivity contribution is -0.129. The first-order valence-electron chi connectivity index (χ1n) is 10.9. The van der Waals surface area contributed by atoms with Gasteiger partial charge in [0.2, 0.25) is 11.8 Å². The Balaban J connectivity index is 1.51. The molecule has 174 valence electrons. The van der Waals surface area contributed by atoms with E-state index < -0.39 is 5.25 Å². The van der Waals surface area contributed by atoms with Crippen LogP contribution in [0.25, 0.3) is 0 Å². The van der Waals surface area contributed by atoms with Gasteiger partial charge < -0.3 is 5.32 Å². The lowest BCUT2D eigenvalue weighted by Crippen LogP contribution is -2.45. The number of benzene rings is 3. The molecule has 1 fully saturated rings. The molecule has 0 aliphatic carbocycles. The normalized spacial score (nSPS) is 17.1. The van der Waals surface area contributed by atoms with Crippen molar-refractivity contribution in [3.8, 4) is 0 Å². The highest BCUT2D eigenvalue weighted by Gasteiger charge is 2.35. The van der Waals surface area contributed by atoms with Gasteiger partial charge in [0.25, 0.3) is 0 Å². The third kappa shape index (κ3) is 6.63. The van der Waals surface area contributed by atoms with E-state index >= 15 is 0 Å². The topological polar surface area (TPSA) is 61.8 Å².